The number of benzene rings is 1. The van der Waals surface area contributed by atoms with Crippen LogP contribution in [0.15, 0.2) is 45.3 Å². The van der Waals surface area contributed by atoms with E-state index in [1.54, 1.807) is 4.68 Å². The molecular formula is C15H16BrN5O. The van der Waals surface area contributed by atoms with Crippen LogP contribution in [0, 0.1) is 0 Å². The monoisotopic (exact) mass is 361 g/mol. The lowest BCUT2D eigenvalue weighted by molar-refractivity contribution is 0.528. The highest BCUT2D eigenvalue weighted by molar-refractivity contribution is 9.10. The van der Waals surface area contributed by atoms with Crippen LogP contribution in [0.2, 0.25) is 0 Å². The molecule has 22 heavy (non-hydrogen) atoms. The molecule has 0 fully saturated rings. The Morgan fingerprint density at radius 3 is 2.77 bits per heavy atom. The summed E-state index contributed by atoms with van der Waals surface area (Å²) in [5.41, 5.74) is 1.05. The maximum Gasteiger partial charge on any atom is 0.243 e. The SMILES string of the molecule is CCCn1nnnc1NCc1ccc(-c2ccc(Br)cc2)o1. The number of halogens is 1. The van der Waals surface area contributed by atoms with E-state index >= 15 is 0 Å². The maximum atomic E-state index is 5.85. The Balaban J connectivity index is 1.67. The lowest BCUT2D eigenvalue weighted by atomic mass is 10.2. The Bertz CT molecular complexity index is 734. The van der Waals surface area contributed by atoms with E-state index in [4.69, 9.17) is 4.42 Å². The smallest absolute Gasteiger partial charge is 0.243 e. The van der Waals surface area contributed by atoms with Gasteiger partial charge in [-0.25, -0.2) is 4.68 Å². The minimum absolute atomic E-state index is 0.542. The number of aryl methyl sites for hydroxylation is 1. The Kier molecular flexibility index (Phi) is 4.53. The van der Waals surface area contributed by atoms with Crippen LogP contribution < -0.4 is 5.32 Å². The first-order valence-corrected chi connectivity index (χ1v) is 7.90. The van der Waals surface area contributed by atoms with Crippen LogP contribution in [0.5, 0.6) is 0 Å². The lowest BCUT2D eigenvalue weighted by Crippen LogP contribution is -2.08. The fraction of sp³-hybridized carbons (Fsp3) is 0.267. The lowest BCUT2D eigenvalue weighted by Gasteiger charge is -2.04. The molecule has 0 saturated heterocycles. The number of tetrazole rings is 1. The summed E-state index contributed by atoms with van der Waals surface area (Å²) in [7, 11) is 0. The molecule has 0 aliphatic carbocycles. The molecule has 3 rings (SSSR count). The Hall–Kier alpha value is -2.15. The molecule has 1 aromatic carbocycles. The van der Waals surface area contributed by atoms with E-state index in [1.807, 2.05) is 36.4 Å². The molecule has 0 atom stereocenters. The number of anilines is 1. The number of aromatic nitrogens is 4. The van der Waals surface area contributed by atoms with Crippen LogP contribution in [0.1, 0.15) is 19.1 Å². The van der Waals surface area contributed by atoms with Gasteiger partial charge in [0.05, 0.1) is 6.54 Å². The van der Waals surface area contributed by atoms with Crippen molar-refractivity contribution in [1.29, 1.82) is 0 Å². The van der Waals surface area contributed by atoms with Crippen molar-refractivity contribution >= 4 is 21.9 Å². The van der Waals surface area contributed by atoms with Crippen molar-refractivity contribution in [2.45, 2.75) is 26.4 Å². The number of furan rings is 1. The average molecular weight is 362 g/mol. The Morgan fingerprint density at radius 2 is 2.00 bits per heavy atom. The Labute approximate surface area is 136 Å². The van der Waals surface area contributed by atoms with Crippen molar-refractivity contribution in [3.8, 4) is 11.3 Å². The molecule has 2 heterocycles. The zero-order chi connectivity index (χ0) is 15.4. The summed E-state index contributed by atoms with van der Waals surface area (Å²) >= 11 is 3.43. The summed E-state index contributed by atoms with van der Waals surface area (Å²) in [6.45, 7) is 3.42. The van der Waals surface area contributed by atoms with Crippen LogP contribution in [-0.2, 0) is 13.1 Å². The van der Waals surface area contributed by atoms with Gasteiger partial charge in [-0.2, -0.15) is 0 Å². The molecule has 0 bridgehead atoms. The Morgan fingerprint density at radius 1 is 1.18 bits per heavy atom. The van der Waals surface area contributed by atoms with Gasteiger partial charge in [-0.1, -0.05) is 40.1 Å². The van der Waals surface area contributed by atoms with Crippen LogP contribution in [0.3, 0.4) is 0 Å². The molecular weight excluding hydrogens is 346 g/mol. The second-order valence-electron chi connectivity index (χ2n) is 4.85. The number of hydrogen-bond donors (Lipinski definition) is 1. The third kappa shape index (κ3) is 3.36. The molecule has 0 saturated carbocycles. The third-order valence-corrected chi connectivity index (χ3v) is 3.71. The van der Waals surface area contributed by atoms with Crippen molar-refractivity contribution in [3.05, 3.63) is 46.6 Å². The van der Waals surface area contributed by atoms with Crippen molar-refractivity contribution in [1.82, 2.24) is 20.2 Å². The predicted octanol–water partition coefficient (Wildman–Crippen LogP) is 3.72. The summed E-state index contributed by atoms with van der Waals surface area (Å²) < 4.78 is 8.65. The molecule has 0 aliphatic rings. The van der Waals surface area contributed by atoms with Crippen molar-refractivity contribution in [2.75, 3.05) is 5.32 Å². The molecule has 114 valence electrons. The van der Waals surface area contributed by atoms with Crippen molar-refractivity contribution in [3.63, 3.8) is 0 Å². The van der Waals surface area contributed by atoms with E-state index in [0.717, 1.165) is 34.5 Å². The second-order valence-corrected chi connectivity index (χ2v) is 5.77. The topological polar surface area (TPSA) is 68.8 Å². The molecule has 3 aromatic rings. The van der Waals surface area contributed by atoms with Gasteiger partial charge in [-0.05, 0) is 41.1 Å². The summed E-state index contributed by atoms with van der Waals surface area (Å²) in [6.07, 6.45) is 0.980. The van der Waals surface area contributed by atoms with Gasteiger partial charge in [0.25, 0.3) is 0 Å². The summed E-state index contributed by atoms with van der Waals surface area (Å²) in [5.74, 6) is 2.34. The highest BCUT2D eigenvalue weighted by atomic mass is 79.9. The molecule has 0 radical (unpaired) electrons. The minimum Gasteiger partial charge on any atom is -0.459 e. The van der Waals surface area contributed by atoms with Crippen molar-refractivity contribution in [2.24, 2.45) is 0 Å². The van der Waals surface area contributed by atoms with Crippen LogP contribution in [0.25, 0.3) is 11.3 Å². The van der Waals surface area contributed by atoms with Gasteiger partial charge in [0.2, 0.25) is 5.95 Å². The zero-order valence-electron chi connectivity index (χ0n) is 12.2. The minimum atomic E-state index is 0.542. The van der Waals surface area contributed by atoms with Crippen LogP contribution in [-0.4, -0.2) is 20.2 Å². The first-order chi connectivity index (χ1) is 10.8. The third-order valence-electron chi connectivity index (χ3n) is 3.18. The normalized spacial score (nSPS) is 10.8. The van der Waals surface area contributed by atoms with E-state index in [0.29, 0.717) is 12.5 Å². The maximum absolute atomic E-state index is 5.85. The zero-order valence-corrected chi connectivity index (χ0v) is 13.7. The first kappa shape index (κ1) is 14.8. The van der Waals surface area contributed by atoms with E-state index in [-0.39, 0.29) is 0 Å². The molecule has 0 unspecified atom stereocenters. The number of nitrogens with zero attached hydrogens (tertiary/aromatic N) is 4. The van der Waals surface area contributed by atoms with E-state index < -0.39 is 0 Å². The summed E-state index contributed by atoms with van der Waals surface area (Å²) in [4.78, 5) is 0. The quantitative estimate of drug-likeness (QED) is 0.724. The first-order valence-electron chi connectivity index (χ1n) is 7.11. The van der Waals surface area contributed by atoms with Gasteiger partial charge in [0.15, 0.2) is 0 Å². The average Bonchev–Trinajstić information content (AvgIpc) is 3.16. The molecule has 0 spiro atoms. The fourth-order valence-corrected chi connectivity index (χ4v) is 2.37. The summed E-state index contributed by atoms with van der Waals surface area (Å²) in [6, 6.07) is 11.9. The molecule has 6 nitrogen and oxygen atoms in total. The van der Waals surface area contributed by atoms with Crippen LogP contribution >= 0.6 is 15.9 Å². The summed E-state index contributed by atoms with van der Waals surface area (Å²) in [5, 5.41) is 14.8. The highest BCUT2D eigenvalue weighted by Gasteiger charge is 2.08. The molecule has 0 aliphatic heterocycles. The number of hydrogen-bond acceptors (Lipinski definition) is 5. The standard InChI is InChI=1S/C15H16BrN5O/c1-2-9-21-15(18-19-20-21)17-10-13-7-8-14(22-13)11-3-5-12(16)6-4-11/h3-8H,2,9-10H2,1H3,(H,17,18,20). The highest BCUT2D eigenvalue weighted by Crippen LogP contribution is 2.24. The van der Waals surface area contributed by atoms with E-state index in [9.17, 15) is 0 Å². The van der Waals surface area contributed by atoms with Gasteiger partial charge in [-0.3, -0.25) is 0 Å². The molecule has 1 N–H and O–H groups in total. The number of rotatable bonds is 6. The van der Waals surface area contributed by atoms with Gasteiger partial charge in [-0.15, -0.1) is 0 Å². The van der Waals surface area contributed by atoms with Gasteiger partial charge < -0.3 is 9.73 Å². The predicted molar refractivity (Wildman–Crippen MR) is 87.3 cm³/mol. The number of nitrogens with one attached hydrogen (secondary N) is 1. The molecule has 0 amide bonds. The van der Waals surface area contributed by atoms with Crippen LogP contribution in [0.4, 0.5) is 5.95 Å². The largest absolute Gasteiger partial charge is 0.459 e. The van der Waals surface area contributed by atoms with Gasteiger partial charge in [0.1, 0.15) is 11.5 Å². The fourth-order valence-electron chi connectivity index (χ4n) is 2.10. The molecule has 7 heteroatoms. The van der Waals surface area contributed by atoms with E-state index in [1.165, 1.54) is 0 Å². The second kappa shape index (κ2) is 6.74. The van der Waals surface area contributed by atoms with Crippen molar-refractivity contribution < 1.29 is 4.42 Å². The molecule has 2 aromatic heterocycles. The van der Waals surface area contributed by atoms with E-state index in [2.05, 4.69) is 43.7 Å². The van der Waals surface area contributed by atoms with Gasteiger partial charge >= 0.3 is 0 Å². The van der Waals surface area contributed by atoms with Gasteiger partial charge in [0, 0.05) is 16.6 Å².